The van der Waals surface area contributed by atoms with Crippen molar-refractivity contribution >= 4 is 11.5 Å². The van der Waals surface area contributed by atoms with Crippen LogP contribution in [0.4, 0.5) is 5.82 Å². The lowest BCUT2D eigenvalue weighted by atomic mass is 10.1. The summed E-state index contributed by atoms with van der Waals surface area (Å²) >= 11 is 0. The zero-order valence-corrected chi connectivity index (χ0v) is 9.46. The molecule has 4 nitrogen and oxygen atoms in total. The Balaban J connectivity index is 2.27. The summed E-state index contributed by atoms with van der Waals surface area (Å²) in [4.78, 5) is 4.32. The van der Waals surface area contributed by atoms with Crippen molar-refractivity contribution in [2.45, 2.75) is 6.92 Å². The van der Waals surface area contributed by atoms with E-state index >= 15 is 0 Å². The summed E-state index contributed by atoms with van der Waals surface area (Å²) in [5, 5.41) is 4.26. The minimum Gasteiger partial charge on any atom is -0.384 e. The molecule has 0 saturated heterocycles. The SMILES string of the molecule is Cc1cccc(-c2cnn3ccc(N)nc23)c1. The summed E-state index contributed by atoms with van der Waals surface area (Å²) < 4.78 is 1.73. The molecule has 3 rings (SSSR count). The highest BCUT2D eigenvalue weighted by Crippen LogP contribution is 2.24. The summed E-state index contributed by atoms with van der Waals surface area (Å²) in [6.45, 7) is 2.07. The van der Waals surface area contributed by atoms with Gasteiger partial charge in [0, 0.05) is 11.8 Å². The first kappa shape index (κ1) is 9.84. The van der Waals surface area contributed by atoms with Crippen LogP contribution in [0.15, 0.2) is 42.7 Å². The van der Waals surface area contributed by atoms with Gasteiger partial charge in [0.05, 0.1) is 6.20 Å². The number of nitrogens with zero attached hydrogens (tertiary/aromatic N) is 3. The zero-order chi connectivity index (χ0) is 11.8. The molecule has 0 aliphatic carbocycles. The fraction of sp³-hybridized carbons (Fsp3) is 0.0769. The van der Waals surface area contributed by atoms with Crippen LogP contribution in [0, 0.1) is 6.92 Å². The normalized spacial score (nSPS) is 10.9. The molecule has 17 heavy (non-hydrogen) atoms. The maximum Gasteiger partial charge on any atom is 0.165 e. The number of nitrogens with two attached hydrogens (primary N) is 1. The average Bonchev–Trinajstić information content (AvgIpc) is 2.71. The molecule has 2 N–H and O–H groups in total. The molecule has 0 spiro atoms. The smallest absolute Gasteiger partial charge is 0.165 e. The molecule has 0 aliphatic rings. The highest BCUT2D eigenvalue weighted by atomic mass is 15.2. The molecule has 3 aromatic rings. The van der Waals surface area contributed by atoms with E-state index in [2.05, 4.69) is 35.2 Å². The van der Waals surface area contributed by atoms with Crippen molar-refractivity contribution in [1.82, 2.24) is 14.6 Å². The first-order valence-corrected chi connectivity index (χ1v) is 5.41. The van der Waals surface area contributed by atoms with E-state index in [1.165, 1.54) is 5.56 Å². The van der Waals surface area contributed by atoms with Crippen LogP contribution in [-0.2, 0) is 0 Å². The Labute approximate surface area is 98.7 Å². The second-order valence-corrected chi connectivity index (χ2v) is 4.05. The van der Waals surface area contributed by atoms with Gasteiger partial charge in [-0.25, -0.2) is 9.50 Å². The quantitative estimate of drug-likeness (QED) is 0.690. The second-order valence-electron chi connectivity index (χ2n) is 4.05. The number of anilines is 1. The second kappa shape index (κ2) is 3.59. The predicted octanol–water partition coefficient (Wildman–Crippen LogP) is 2.29. The van der Waals surface area contributed by atoms with E-state index < -0.39 is 0 Å². The van der Waals surface area contributed by atoms with Gasteiger partial charge in [-0.2, -0.15) is 5.10 Å². The van der Waals surface area contributed by atoms with Gasteiger partial charge in [0.15, 0.2) is 5.65 Å². The van der Waals surface area contributed by atoms with Crippen LogP contribution < -0.4 is 5.73 Å². The van der Waals surface area contributed by atoms with Crippen molar-refractivity contribution in [3.63, 3.8) is 0 Å². The van der Waals surface area contributed by atoms with Gasteiger partial charge in [-0.1, -0.05) is 29.8 Å². The highest BCUT2D eigenvalue weighted by molar-refractivity contribution is 5.77. The Morgan fingerprint density at radius 3 is 2.94 bits per heavy atom. The third-order valence-corrected chi connectivity index (χ3v) is 2.72. The Hall–Kier alpha value is -2.36. The Bertz CT molecular complexity index is 685. The van der Waals surface area contributed by atoms with Gasteiger partial charge in [0.1, 0.15) is 5.82 Å². The largest absolute Gasteiger partial charge is 0.384 e. The Morgan fingerprint density at radius 2 is 2.12 bits per heavy atom. The van der Waals surface area contributed by atoms with Crippen LogP contribution in [0.3, 0.4) is 0 Å². The Morgan fingerprint density at radius 1 is 1.24 bits per heavy atom. The van der Waals surface area contributed by atoms with Crippen LogP contribution in [0.25, 0.3) is 16.8 Å². The van der Waals surface area contributed by atoms with Crippen LogP contribution >= 0.6 is 0 Å². The number of aryl methyl sites for hydroxylation is 1. The van der Waals surface area contributed by atoms with Crippen LogP contribution in [0.1, 0.15) is 5.56 Å². The van der Waals surface area contributed by atoms with E-state index in [-0.39, 0.29) is 0 Å². The average molecular weight is 224 g/mol. The molecule has 1 aromatic carbocycles. The number of hydrogen-bond acceptors (Lipinski definition) is 3. The molecule has 0 unspecified atom stereocenters. The van der Waals surface area contributed by atoms with Gasteiger partial charge in [0.2, 0.25) is 0 Å². The molecule has 0 amide bonds. The Kier molecular flexibility index (Phi) is 2.08. The zero-order valence-electron chi connectivity index (χ0n) is 9.46. The molecule has 84 valence electrons. The minimum atomic E-state index is 0.506. The molecule has 0 atom stereocenters. The van der Waals surface area contributed by atoms with Crippen molar-refractivity contribution in [2.24, 2.45) is 0 Å². The molecule has 4 heteroatoms. The highest BCUT2D eigenvalue weighted by Gasteiger charge is 2.07. The summed E-state index contributed by atoms with van der Waals surface area (Å²) in [7, 11) is 0. The third-order valence-electron chi connectivity index (χ3n) is 2.72. The summed E-state index contributed by atoms with van der Waals surface area (Å²) in [6.07, 6.45) is 3.63. The monoisotopic (exact) mass is 224 g/mol. The summed E-state index contributed by atoms with van der Waals surface area (Å²) in [5.74, 6) is 0.506. The van der Waals surface area contributed by atoms with Gasteiger partial charge < -0.3 is 5.73 Å². The molecule has 0 bridgehead atoms. The number of nitrogen functional groups attached to an aromatic ring is 1. The maximum atomic E-state index is 5.71. The van der Waals surface area contributed by atoms with Crippen molar-refractivity contribution in [3.8, 4) is 11.1 Å². The molecule has 0 saturated carbocycles. The lowest BCUT2D eigenvalue weighted by molar-refractivity contribution is 0.942. The van der Waals surface area contributed by atoms with Gasteiger partial charge in [0.25, 0.3) is 0 Å². The van der Waals surface area contributed by atoms with Gasteiger partial charge >= 0.3 is 0 Å². The van der Waals surface area contributed by atoms with E-state index in [4.69, 9.17) is 5.73 Å². The van der Waals surface area contributed by atoms with E-state index in [9.17, 15) is 0 Å². The minimum absolute atomic E-state index is 0.506. The number of fused-ring (bicyclic) bond motifs is 1. The summed E-state index contributed by atoms with van der Waals surface area (Å²) in [6, 6.07) is 9.99. The van der Waals surface area contributed by atoms with Gasteiger partial charge in [-0.3, -0.25) is 0 Å². The molecular formula is C13H12N4. The molecule has 0 radical (unpaired) electrons. The van der Waals surface area contributed by atoms with Crippen LogP contribution in [-0.4, -0.2) is 14.6 Å². The number of hydrogen-bond donors (Lipinski definition) is 1. The molecule has 0 fully saturated rings. The van der Waals surface area contributed by atoms with Crippen LogP contribution in [0.2, 0.25) is 0 Å². The summed E-state index contributed by atoms with van der Waals surface area (Å²) in [5.41, 5.74) is 9.82. The molecule has 2 aromatic heterocycles. The fourth-order valence-electron chi connectivity index (χ4n) is 1.90. The first-order chi connectivity index (χ1) is 8.24. The standard InChI is InChI=1S/C13H12N4/c1-9-3-2-4-10(7-9)11-8-15-17-6-5-12(14)16-13(11)17/h2-8H,1H3,(H2,14,16). The maximum absolute atomic E-state index is 5.71. The number of aromatic nitrogens is 3. The lowest BCUT2D eigenvalue weighted by Crippen LogP contribution is -1.95. The number of benzene rings is 1. The molecular weight excluding hydrogens is 212 g/mol. The van der Waals surface area contributed by atoms with Crippen molar-refractivity contribution in [2.75, 3.05) is 5.73 Å². The fourth-order valence-corrected chi connectivity index (χ4v) is 1.90. The third kappa shape index (κ3) is 1.63. The molecule has 0 aliphatic heterocycles. The number of rotatable bonds is 1. The van der Waals surface area contributed by atoms with Gasteiger partial charge in [-0.05, 0) is 18.6 Å². The lowest BCUT2D eigenvalue weighted by Gasteiger charge is -2.00. The molecule has 2 heterocycles. The van der Waals surface area contributed by atoms with E-state index in [1.54, 1.807) is 10.6 Å². The predicted molar refractivity (Wildman–Crippen MR) is 67.6 cm³/mol. The van der Waals surface area contributed by atoms with E-state index in [0.29, 0.717) is 5.82 Å². The topological polar surface area (TPSA) is 56.2 Å². The van der Waals surface area contributed by atoms with E-state index in [1.807, 2.05) is 18.5 Å². The van der Waals surface area contributed by atoms with Crippen molar-refractivity contribution < 1.29 is 0 Å². The van der Waals surface area contributed by atoms with Crippen molar-refractivity contribution in [3.05, 3.63) is 48.3 Å². The first-order valence-electron chi connectivity index (χ1n) is 5.41. The van der Waals surface area contributed by atoms with Gasteiger partial charge in [-0.15, -0.1) is 0 Å². The van der Waals surface area contributed by atoms with Crippen molar-refractivity contribution in [1.29, 1.82) is 0 Å². The van der Waals surface area contributed by atoms with E-state index in [0.717, 1.165) is 16.8 Å². The van der Waals surface area contributed by atoms with Crippen LogP contribution in [0.5, 0.6) is 0 Å².